The van der Waals surface area contributed by atoms with Crippen molar-refractivity contribution in [1.29, 1.82) is 0 Å². The van der Waals surface area contributed by atoms with Crippen molar-refractivity contribution in [3.05, 3.63) is 35.9 Å². The van der Waals surface area contributed by atoms with Gasteiger partial charge in [0.25, 0.3) is 0 Å². The van der Waals surface area contributed by atoms with Crippen LogP contribution in [0.1, 0.15) is 31.2 Å². The average molecular weight is 316 g/mol. The number of methoxy groups -OCH3 is 1. The highest BCUT2D eigenvalue weighted by molar-refractivity contribution is 5.84. The summed E-state index contributed by atoms with van der Waals surface area (Å²) in [5, 5.41) is 0. The first-order chi connectivity index (χ1) is 11.2. The number of esters is 1. The van der Waals surface area contributed by atoms with Gasteiger partial charge in [-0.3, -0.25) is 4.79 Å². The van der Waals surface area contributed by atoms with Crippen LogP contribution >= 0.6 is 0 Å². The van der Waals surface area contributed by atoms with E-state index in [1.54, 1.807) is 0 Å². The minimum absolute atomic E-state index is 0.0934. The summed E-state index contributed by atoms with van der Waals surface area (Å²) in [6, 6.07) is 10.1. The summed E-state index contributed by atoms with van der Waals surface area (Å²) in [4.78, 5) is 17.5. The summed E-state index contributed by atoms with van der Waals surface area (Å²) < 4.78 is 5.16. The number of likely N-dealkylation sites (tertiary alicyclic amines) is 2. The summed E-state index contributed by atoms with van der Waals surface area (Å²) >= 11 is 0. The van der Waals surface area contributed by atoms with Crippen molar-refractivity contribution in [3.8, 4) is 0 Å². The van der Waals surface area contributed by atoms with Gasteiger partial charge in [-0.2, -0.15) is 0 Å². The summed E-state index contributed by atoms with van der Waals surface area (Å²) in [5.74, 6) is -0.0934. The number of benzene rings is 1. The van der Waals surface area contributed by atoms with E-state index in [4.69, 9.17) is 4.74 Å². The van der Waals surface area contributed by atoms with Crippen LogP contribution in [0.5, 0.6) is 0 Å². The fraction of sp³-hybridized carbons (Fsp3) is 0.632. The normalized spacial score (nSPS) is 26.3. The van der Waals surface area contributed by atoms with Gasteiger partial charge < -0.3 is 14.5 Å². The van der Waals surface area contributed by atoms with Gasteiger partial charge in [-0.15, -0.1) is 0 Å². The van der Waals surface area contributed by atoms with Crippen LogP contribution in [0.4, 0.5) is 0 Å². The third-order valence-electron chi connectivity index (χ3n) is 5.43. The maximum Gasteiger partial charge on any atom is 0.317 e. The molecule has 1 aromatic carbocycles. The van der Waals surface area contributed by atoms with Crippen LogP contribution in [-0.4, -0.2) is 62.1 Å². The van der Waals surface area contributed by atoms with E-state index in [1.807, 2.05) is 18.2 Å². The molecule has 4 nitrogen and oxygen atoms in total. The Hall–Kier alpha value is -1.39. The van der Waals surface area contributed by atoms with Crippen molar-refractivity contribution in [2.75, 3.05) is 46.4 Å². The molecule has 0 aromatic heterocycles. The third-order valence-corrected chi connectivity index (χ3v) is 5.43. The van der Waals surface area contributed by atoms with Crippen molar-refractivity contribution in [2.45, 2.75) is 31.1 Å². The molecule has 2 heterocycles. The Morgan fingerprint density at radius 1 is 1.04 bits per heavy atom. The molecule has 2 saturated heterocycles. The quantitative estimate of drug-likeness (QED) is 0.780. The fourth-order valence-corrected chi connectivity index (χ4v) is 4.02. The summed E-state index contributed by atoms with van der Waals surface area (Å²) in [5.41, 5.74) is 0.602. The number of ether oxygens (including phenoxy) is 1. The largest absolute Gasteiger partial charge is 0.468 e. The highest BCUT2D eigenvalue weighted by Gasteiger charge is 2.46. The topological polar surface area (TPSA) is 32.8 Å². The van der Waals surface area contributed by atoms with Crippen LogP contribution in [-0.2, 0) is 14.9 Å². The van der Waals surface area contributed by atoms with Crippen LogP contribution in [0, 0.1) is 0 Å². The van der Waals surface area contributed by atoms with E-state index in [0.29, 0.717) is 0 Å². The van der Waals surface area contributed by atoms with Crippen LogP contribution in [0.2, 0.25) is 0 Å². The molecule has 2 aliphatic rings. The highest BCUT2D eigenvalue weighted by Crippen LogP contribution is 2.35. The number of carbonyl (C=O) groups is 1. The molecule has 4 heteroatoms. The van der Waals surface area contributed by atoms with Crippen molar-refractivity contribution in [1.82, 2.24) is 9.80 Å². The van der Waals surface area contributed by atoms with E-state index < -0.39 is 5.41 Å². The zero-order valence-corrected chi connectivity index (χ0v) is 14.2. The Kier molecular flexibility index (Phi) is 5.34. The smallest absolute Gasteiger partial charge is 0.317 e. The highest BCUT2D eigenvalue weighted by atomic mass is 16.5. The molecular weight excluding hydrogens is 288 g/mol. The van der Waals surface area contributed by atoms with Crippen LogP contribution < -0.4 is 0 Å². The summed E-state index contributed by atoms with van der Waals surface area (Å²) in [6.45, 7) is 6.37. The standard InChI is InChI=1S/C19H28N2O2/c1-23-18(22)19(17-8-4-2-5-9-17)10-13-21(16-19)15-14-20-11-6-3-7-12-20/h2,4-5,8-9H,3,6-7,10-16H2,1H3. The average Bonchev–Trinajstić information content (AvgIpc) is 3.06. The molecule has 0 N–H and O–H groups in total. The van der Waals surface area contributed by atoms with E-state index in [1.165, 1.54) is 39.5 Å². The maximum atomic E-state index is 12.5. The fourth-order valence-electron chi connectivity index (χ4n) is 4.02. The Labute approximate surface area is 139 Å². The van der Waals surface area contributed by atoms with Gasteiger partial charge in [0.05, 0.1) is 7.11 Å². The van der Waals surface area contributed by atoms with Gasteiger partial charge in [-0.1, -0.05) is 36.8 Å². The lowest BCUT2D eigenvalue weighted by molar-refractivity contribution is -0.147. The second-order valence-electron chi connectivity index (χ2n) is 6.87. The molecule has 23 heavy (non-hydrogen) atoms. The van der Waals surface area contributed by atoms with Crippen molar-refractivity contribution in [2.24, 2.45) is 0 Å². The minimum atomic E-state index is -0.488. The van der Waals surface area contributed by atoms with E-state index in [0.717, 1.165) is 38.2 Å². The molecule has 2 aliphatic heterocycles. The molecule has 0 radical (unpaired) electrons. The molecule has 0 aliphatic carbocycles. The molecule has 0 spiro atoms. The lowest BCUT2D eigenvalue weighted by Crippen LogP contribution is -2.42. The van der Waals surface area contributed by atoms with Gasteiger partial charge in [-0.05, 0) is 44.5 Å². The predicted octanol–water partition coefficient (Wildman–Crippen LogP) is 2.29. The summed E-state index contributed by atoms with van der Waals surface area (Å²) in [6.07, 6.45) is 4.88. The third kappa shape index (κ3) is 3.59. The molecule has 2 fully saturated rings. The zero-order valence-electron chi connectivity index (χ0n) is 14.2. The molecule has 0 bridgehead atoms. The maximum absolute atomic E-state index is 12.5. The number of hydrogen-bond donors (Lipinski definition) is 0. The monoisotopic (exact) mass is 316 g/mol. The molecule has 0 saturated carbocycles. The second-order valence-corrected chi connectivity index (χ2v) is 6.87. The van der Waals surface area contributed by atoms with Crippen LogP contribution in [0.25, 0.3) is 0 Å². The number of hydrogen-bond acceptors (Lipinski definition) is 4. The van der Waals surface area contributed by atoms with Crippen molar-refractivity contribution in [3.63, 3.8) is 0 Å². The Bertz CT molecular complexity index is 513. The van der Waals surface area contributed by atoms with Crippen molar-refractivity contribution < 1.29 is 9.53 Å². The van der Waals surface area contributed by atoms with Gasteiger partial charge in [-0.25, -0.2) is 0 Å². The lowest BCUT2D eigenvalue weighted by atomic mass is 9.79. The first-order valence-electron chi connectivity index (χ1n) is 8.83. The number of nitrogens with zero attached hydrogens (tertiary/aromatic N) is 2. The molecule has 1 aromatic rings. The Morgan fingerprint density at radius 2 is 1.74 bits per heavy atom. The molecule has 1 unspecified atom stereocenters. The first kappa shape index (κ1) is 16.5. The zero-order chi connectivity index (χ0) is 16.1. The van der Waals surface area contributed by atoms with E-state index >= 15 is 0 Å². The van der Waals surface area contributed by atoms with Crippen LogP contribution in [0.15, 0.2) is 30.3 Å². The van der Waals surface area contributed by atoms with Gasteiger partial charge in [0.2, 0.25) is 0 Å². The molecular formula is C19H28N2O2. The molecule has 1 atom stereocenters. The lowest BCUT2D eigenvalue weighted by Gasteiger charge is -2.30. The van der Waals surface area contributed by atoms with Gasteiger partial charge >= 0.3 is 5.97 Å². The molecule has 3 rings (SSSR count). The van der Waals surface area contributed by atoms with Crippen LogP contribution in [0.3, 0.4) is 0 Å². The predicted molar refractivity (Wildman–Crippen MR) is 91.5 cm³/mol. The second kappa shape index (κ2) is 7.45. The van der Waals surface area contributed by atoms with Gasteiger partial charge in [0.1, 0.15) is 5.41 Å². The molecule has 0 amide bonds. The van der Waals surface area contributed by atoms with E-state index in [9.17, 15) is 4.79 Å². The SMILES string of the molecule is COC(=O)C1(c2ccccc2)CCN(CCN2CCCCC2)C1. The summed E-state index contributed by atoms with van der Waals surface area (Å²) in [7, 11) is 1.50. The van der Waals surface area contributed by atoms with Gasteiger partial charge in [0.15, 0.2) is 0 Å². The Balaban J connectivity index is 1.65. The van der Waals surface area contributed by atoms with E-state index in [2.05, 4.69) is 21.9 Å². The number of rotatable bonds is 5. The minimum Gasteiger partial charge on any atom is -0.468 e. The number of carbonyl (C=O) groups excluding carboxylic acids is 1. The number of piperidine rings is 1. The van der Waals surface area contributed by atoms with E-state index in [-0.39, 0.29) is 5.97 Å². The Morgan fingerprint density at radius 3 is 2.43 bits per heavy atom. The van der Waals surface area contributed by atoms with Gasteiger partial charge in [0, 0.05) is 19.6 Å². The first-order valence-corrected chi connectivity index (χ1v) is 8.83. The molecule has 126 valence electrons. The van der Waals surface area contributed by atoms with Crippen molar-refractivity contribution >= 4 is 5.97 Å².